The molecule has 20 heavy (non-hydrogen) atoms. The highest BCUT2D eigenvalue weighted by molar-refractivity contribution is 5.93. The van der Waals surface area contributed by atoms with Crippen LogP contribution in [0.3, 0.4) is 0 Å². The predicted octanol–water partition coefficient (Wildman–Crippen LogP) is 1.39. The van der Waals surface area contributed by atoms with Crippen LogP contribution in [0.1, 0.15) is 19.4 Å². The van der Waals surface area contributed by atoms with Crippen molar-refractivity contribution in [1.82, 2.24) is 10.2 Å². The normalized spacial score (nSPS) is 10.2. The van der Waals surface area contributed by atoms with E-state index in [-0.39, 0.29) is 24.9 Å². The van der Waals surface area contributed by atoms with Crippen molar-refractivity contribution in [2.75, 3.05) is 31.5 Å². The summed E-state index contributed by atoms with van der Waals surface area (Å²) in [5.41, 5.74) is 1.81. The minimum Gasteiger partial charge on any atom is -0.342 e. The van der Waals surface area contributed by atoms with E-state index in [0.717, 1.165) is 11.3 Å². The van der Waals surface area contributed by atoms with Crippen LogP contribution in [0.5, 0.6) is 0 Å². The van der Waals surface area contributed by atoms with Crippen molar-refractivity contribution in [2.24, 2.45) is 0 Å². The van der Waals surface area contributed by atoms with Crippen molar-refractivity contribution in [3.8, 4) is 0 Å². The van der Waals surface area contributed by atoms with E-state index in [1.54, 1.807) is 4.90 Å². The number of hydrogen-bond donors (Lipinski definition) is 2. The number of nitrogens with one attached hydrogen (secondary N) is 2. The summed E-state index contributed by atoms with van der Waals surface area (Å²) in [7, 11) is 0. The van der Waals surface area contributed by atoms with Gasteiger partial charge >= 0.3 is 0 Å². The fraction of sp³-hybridized carbons (Fsp3) is 0.467. The van der Waals surface area contributed by atoms with Crippen LogP contribution in [0.25, 0.3) is 0 Å². The first-order chi connectivity index (χ1) is 9.58. The number of carbonyl (C=O) groups is 2. The van der Waals surface area contributed by atoms with Crippen molar-refractivity contribution in [1.29, 1.82) is 0 Å². The van der Waals surface area contributed by atoms with Gasteiger partial charge in [-0.1, -0.05) is 18.2 Å². The molecule has 0 fully saturated rings. The standard InChI is InChI=1S/C15H23N3O2/c1-4-18(5-2)15(20)11-16-10-14(19)17-13-9-7-6-8-12(13)3/h6-9,16H,4-5,10-11H2,1-3H3,(H,17,19). The number of aryl methyl sites for hydroxylation is 1. The molecule has 0 unspecified atom stereocenters. The van der Waals surface area contributed by atoms with Crippen LogP contribution in [0.15, 0.2) is 24.3 Å². The lowest BCUT2D eigenvalue weighted by molar-refractivity contribution is -0.129. The van der Waals surface area contributed by atoms with E-state index in [0.29, 0.717) is 13.1 Å². The van der Waals surface area contributed by atoms with E-state index < -0.39 is 0 Å². The minimum atomic E-state index is -0.147. The molecule has 0 spiro atoms. The summed E-state index contributed by atoms with van der Waals surface area (Å²) in [5, 5.41) is 5.69. The lowest BCUT2D eigenvalue weighted by Gasteiger charge is -2.18. The molecular weight excluding hydrogens is 254 g/mol. The largest absolute Gasteiger partial charge is 0.342 e. The Labute approximate surface area is 120 Å². The monoisotopic (exact) mass is 277 g/mol. The van der Waals surface area contributed by atoms with Gasteiger partial charge in [-0.2, -0.15) is 0 Å². The summed E-state index contributed by atoms with van der Waals surface area (Å²) in [6, 6.07) is 7.59. The third-order valence-corrected chi connectivity index (χ3v) is 3.10. The maximum absolute atomic E-state index is 11.8. The van der Waals surface area contributed by atoms with Crippen LogP contribution in [0.2, 0.25) is 0 Å². The number of para-hydroxylation sites is 1. The van der Waals surface area contributed by atoms with E-state index in [9.17, 15) is 9.59 Å². The Balaban J connectivity index is 2.34. The van der Waals surface area contributed by atoms with E-state index in [4.69, 9.17) is 0 Å². The Morgan fingerprint density at radius 2 is 1.75 bits per heavy atom. The Hall–Kier alpha value is -1.88. The first-order valence-corrected chi connectivity index (χ1v) is 6.92. The lowest BCUT2D eigenvalue weighted by Crippen LogP contribution is -2.40. The molecule has 0 saturated carbocycles. The molecule has 0 radical (unpaired) electrons. The number of amides is 2. The van der Waals surface area contributed by atoms with E-state index in [1.165, 1.54) is 0 Å². The highest BCUT2D eigenvalue weighted by Crippen LogP contribution is 2.12. The topological polar surface area (TPSA) is 61.4 Å². The molecule has 0 heterocycles. The first kappa shape index (κ1) is 16.2. The molecule has 1 rings (SSSR count). The zero-order valence-corrected chi connectivity index (χ0v) is 12.4. The van der Waals surface area contributed by atoms with Gasteiger partial charge in [0.05, 0.1) is 13.1 Å². The molecule has 0 aromatic heterocycles. The van der Waals surface area contributed by atoms with Gasteiger partial charge in [0.15, 0.2) is 0 Å². The first-order valence-electron chi connectivity index (χ1n) is 6.92. The van der Waals surface area contributed by atoms with Crippen LogP contribution in [-0.2, 0) is 9.59 Å². The molecule has 5 nitrogen and oxygen atoms in total. The second kappa shape index (κ2) is 8.32. The number of carbonyl (C=O) groups excluding carboxylic acids is 2. The van der Waals surface area contributed by atoms with E-state index >= 15 is 0 Å². The summed E-state index contributed by atoms with van der Waals surface area (Å²) in [5.74, 6) is -0.134. The van der Waals surface area contributed by atoms with Crippen LogP contribution in [0, 0.1) is 6.92 Å². The van der Waals surface area contributed by atoms with Crippen LogP contribution in [0.4, 0.5) is 5.69 Å². The van der Waals surface area contributed by atoms with Crippen molar-refractivity contribution >= 4 is 17.5 Å². The van der Waals surface area contributed by atoms with Crippen LogP contribution >= 0.6 is 0 Å². The van der Waals surface area contributed by atoms with Gasteiger partial charge in [-0.3, -0.25) is 14.9 Å². The van der Waals surface area contributed by atoms with Gasteiger partial charge in [0.1, 0.15) is 0 Å². The lowest BCUT2D eigenvalue weighted by atomic mass is 10.2. The smallest absolute Gasteiger partial charge is 0.238 e. The predicted molar refractivity (Wildman–Crippen MR) is 80.6 cm³/mol. The number of nitrogens with zero attached hydrogens (tertiary/aromatic N) is 1. The molecule has 0 aliphatic heterocycles. The molecule has 0 atom stereocenters. The average molecular weight is 277 g/mol. The average Bonchev–Trinajstić information content (AvgIpc) is 2.43. The molecule has 0 aliphatic carbocycles. The summed E-state index contributed by atoms with van der Waals surface area (Å²) in [6.45, 7) is 7.49. The van der Waals surface area contributed by atoms with Gasteiger partial charge in [-0.05, 0) is 32.4 Å². The van der Waals surface area contributed by atoms with E-state index in [2.05, 4.69) is 10.6 Å². The second-order valence-corrected chi connectivity index (χ2v) is 4.53. The van der Waals surface area contributed by atoms with Crippen molar-refractivity contribution in [3.63, 3.8) is 0 Å². The van der Waals surface area contributed by atoms with E-state index in [1.807, 2.05) is 45.0 Å². The van der Waals surface area contributed by atoms with Crippen molar-refractivity contribution < 1.29 is 9.59 Å². The van der Waals surface area contributed by atoms with Crippen molar-refractivity contribution in [2.45, 2.75) is 20.8 Å². The maximum atomic E-state index is 11.8. The zero-order chi connectivity index (χ0) is 15.0. The minimum absolute atomic E-state index is 0.0127. The van der Waals surface area contributed by atoms with Gasteiger partial charge in [-0.15, -0.1) is 0 Å². The zero-order valence-electron chi connectivity index (χ0n) is 12.4. The quantitative estimate of drug-likeness (QED) is 0.792. The Kier molecular flexibility index (Phi) is 6.73. The Morgan fingerprint density at radius 1 is 1.10 bits per heavy atom. The molecule has 110 valence electrons. The maximum Gasteiger partial charge on any atom is 0.238 e. The van der Waals surface area contributed by atoms with Gasteiger partial charge in [-0.25, -0.2) is 0 Å². The summed E-state index contributed by atoms with van der Waals surface area (Å²) in [6.07, 6.45) is 0. The molecule has 5 heteroatoms. The number of rotatable bonds is 7. The molecule has 2 amide bonds. The molecule has 1 aromatic carbocycles. The highest BCUT2D eigenvalue weighted by atomic mass is 16.2. The number of anilines is 1. The third-order valence-electron chi connectivity index (χ3n) is 3.10. The van der Waals surface area contributed by atoms with Gasteiger partial charge in [0, 0.05) is 18.8 Å². The fourth-order valence-electron chi connectivity index (χ4n) is 1.88. The number of benzene rings is 1. The Morgan fingerprint density at radius 3 is 2.35 bits per heavy atom. The van der Waals surface area contributed by atoms with Crippen LogP contribution < -0.4 is 10.6 Å². The second-order valence-electron chi connectivity index (χ2n) is 4.53. The van der Waals surface area contributed by atoms with Gasteiger partial charge in [0.25, 0.3) is 0 Å². The molecule has 0 aliphatic rings. The van der Waals surface area contributed by atoms with Gasteiger partial charge in [0.2, 0.25) is 11.8 Å². The van der Waals surface area contributed by atoms with Crippen LogP contribution in [-0.4, -0.2) is 42.9 Å². The highest BCUT2D eigenvalue weighted by Gasteiger charge is 2.10. The number of hydrogen-bond acceptors (Lipinski definition) is 3. The Bertz CT molecular complexity index is 456. The molecule has 2 N–H and O–H groups in total. The summed E-state index contributed by atoms with van der Waals surface area (Å²) in [4.78, 5) is 25.2. The molecule has 0 bridgehead atoms. The molecular formula is C15H23N3O2. The molecule has 0 saturated heterocycles. The SMILES string of the molecule is CCN(CC)C(=O)CNCC(=O)Nc1ccccc1C. The molecule has 1 aromatic rings. The number of likely N-dealkylation sites (N-methyl/N-ethyl adjacent to an activating group) is 1. The summed E-state index contributed by atoms with van der Waals surface area (Å²) >= 11 is 0. The third kappa shape index (κ3) is 5.01. The van der Waals surface area contributed by atoms with Crippen molar-refractivity contribution in [3.05, 3.63) is 29.8 Å². The fourth-order valence-corrected chi connectivity index (χ4v) is 1.88. The van der Waals surface area contributed by atoms with Gasteiger partial charge < -0.3 is 10.2 Å². The summed E-state index contributed by atoms with van der Waals surface area (Å²) < 4.78 is 0.